The molecule has 1 unspecified atom stereocenters. The van der Waals surface area contributed by atoms with Gasteiger partial charge in [-0.25, -0.2) is 4.68 Å². The number of aliphatic hydroxyl groups is 1. The van der Waals surface area contributed by atoms with Gasteiger partial charge in [-0.1, -0.05) is 13.3 Å². The van der Waals surface area contributed by atoms with E-state index in [2.05, 4.69) is 22.2 Å². The van der Waals surface area contributed by atoms with Gasteiger partial charge in [-0.2, -0.15) is 5.10 Å². The lowest BCUT2D eigenvalue weighted by Crippen LogP contribution is -2.55. The maximum Gasteiger partial charge on any atom is 0.256 e. The highest BCUT2D eigenvalue weighted by molar-refractivity contribution is 5.99. The van der Waals surface area contributed by atoms with E-state index in [-0.39, 0.29) is 12.0 Å². The Labute approximate surface area is 167 Å². The second-order valence-corrected chi connectivity index (χ2v) is 9.78. The zero-order valence-corrected chi connectivity index (χ0v) is 17.0. The summed E-state index contributed by atoms with van der Waals surface area (Å²) < 4.78 is 1.98. The predicted octanol–water partition coefficient (Wildman–Crippen LogP) is 2.81. The van der Waals surface area contributed by atoms with Crippen molar-refractivity contribution in [1.82, 2.24) is 15.1 Å². The molecule has 154 valence electrons. The highest BCUT2D eigenvalue weighted by atomic mass is 16.3. The van der Waals surface area contributed by atoms with Crippen molar-refractivity contribution in [2.24, 2.45) is 23.7 Å². The van der Waals surface area contributed by atoms with Gasteiger partial charge in [0.15, 0.2) is 0 Å². The van der Waals surface area contributed by atoms with Gasteiger partial charge in [0.1, 0.15) is 11.4 Å². The quantitative estimate of drug-likeness (QED) is 0.789. The maximum absolute atomic E-state index is 13.3. The van der Waals surface area contributed by atoms with Gasteiger partial charge < -0.3 is 15.3 Å². The van der Waals surface area contributed by atoms with Gasteiger partial charge in [0.05, 0.1) is 12.3 Å². The highest BCUT2D eigenvalue weighted by Gasteiger charge is 2.48. The summed E-state index contributed by atoms with van der Waals surface area (Å²) in [5, 5.41) is 18.0. The molecule has 6 nitrogen and oxygen atoms in total. The van der Waals surface area contributed by atoms with Gasteiger partial charge in [0, 0.05) is 25.7 Å². The average Bonchev–Trinajstić information content (AvgIpc) is 3.28. The van der Waals surface area contributed by atoms with Crippen LogP contribution in [0.5, 0.6) is 0 Å². The number of hydrogen-bond donors (Lipinski definition) is 2. The number of aromatic nitrogens is 2. The van der Waals surface area contributed by atoms with Crippen LogP contribution in [-0.4, -0.2) is 46.0 Å². The summed E-state index contributed by atoms with van der Waals surface area (Å²) in [5.74, 6) is 4.12. The largest absolute Gasteiger partial charge is 0.391 e. The third kappa shape index (κ3) is 3.23. The first kappa shape index (κ1) is 18.5. The fourth-order valence-electron chi connectivity index (χ4n) is 6.67. The summed E-state index contributed by atoms with van der Waals surface area (Å²) >= 11 is 0. The van der Waals surface area contributed by atoms with Crippen LogP contribution < -0.4 is 10.2 Å². The van der Waals surface area contributed by atoms with Crippen molar-refractivity contribution in [3.63, 3.8) is 0 Å². The number of carbonyl (C=O) groups excluding carboxylic acids is 1. The van der Waals surface area contributed by atoms with Crippen molar-refractivity contribution in [3.05, 3.63) is 11.8 Å². The van der Waals surface area contributed by atoms with E-state index in [0.29, 0.717) is 30.0 Å². The van der Waals surface area contributed by atoms with E-state index in [1.807, 2.05) is 4.68 Å². The van der Waals surface area contributed by atoms with Crippen LogP contribution in [0.2, 0.25) is 0 Å². The Morgan fingerprint density at radius 1 is 1.21 bits per heavy atom. The Hall–Kier alpha value is -1.56. The number of amides is 1. The molecule has 1 atom stereocenters. The first-order valence-corrected chi connectivity index (χ1v) is 11.4. The maximum atomic E-state index is 13.3. The standard InChI is InChI=1S/C22H34N4O2/c1-2-3-5-26-22(25-6-4-18(27)13-25)19(12-23-26)21(28)24-20-16-8-14-7-15(10-16)11-17(20)9-14/h12,14-18,20,27H,2-11,13H2,1H3,(H,24,28). The number of unbranched alkanes of at least 4 members (excludes halogenated alkanes) is 1. The van der Waals surface area contributed by atoms with Crippen molar-refractivity contribution in [3.8, 4) is 0 Å². The van der Waals surface area contributed by atoms with Crippen LogP contribution in [0.15, 0.2) is 6.20 Å². The molecule has 0 radical (unpaired) electrons. The van der Waals surface area contributed by atoms with Crippen LogP contribution in [0.4, 0.5) is 5.82 Å². The number of aliphatic hydroxyl groups excluding tert-OH is 1. The Bertz CT molecular complexity index is 702. The zero-order valence-electron chi connectivity index (χ0n) is 17.0. The van der Waals surface area contributed by atoms with Gasteiger partial charge >= 0.3 is 0 Å². The van der Waals surface area contributed by atoms with E-state index < -0.39 is 0 Å². The van der Waals surface area contributed by atoms with Crippen molar-refractivity contribution in [2.45, 2.75) is 77.0 Å². The van der Waals surface area contributed by atoms with Gasteiger partial charge in [-0.15, -0.1) is 0 Å². The van der Waals surface area contributed by atoms with Crippen molar-refractivity contribution < 1.29 is 9.90 Å². The third-order valence-electron chi connectivity index (χ3n) is 7.77. The molecule has 1 aromatic rings. The van der Waals surface area contributed by atoms with Crippen LogP contribution in [0.3, 0.4) is 0 Å². The van der Waals surface area contributed by atoms with E-state index >= 15 is 0 Å². The number of nitrogens with one attached hydrogen (secondary N) is 1. The Balaban J connectivity index is 1.36. The number of aryl methyl sites for hydroxylation is 1. The molecule has 4 bridgehead atoms. The molecule has 28 heavy (non-hydrogen) atoms. The lowest BCUT2D eigenvalue weighted by molar-refractivity contribution is -0.0119. The lowest BCUT2D eigenvalue weighted by atomic mass is 9.54. The Kier molecular flexibility index (Phi) is 4.85. The van der Waals surface area contributed by atoms with Crippen LogP contribution in [0.1, 0.15) is 68.6 Å². The molecule has 5 fully saturated rings. The number of hydrogen-bond acceptors (Lipinski definition) is 4. The van der Waals surface area contributed by atoms with Crippen LogP contribution in [0, 0.1) is 23.7 Å². The number of nitrogens with zero attached hydrogens (tertiary/aromatic N) is 3. The summed E-state index contributed by atoms with van der Waals surface area (Å²) in [6, 6.07) is 0.344. The van der Waals surface area contributed by atoms with E-state index in [1.165, 1.54) is 32.1 Å². The predicted molar refractivity (Wildman–Crippen MR) is 108 cm³/mol. The molecule has 5 aliphatic rings. The minimum absolute atomic E-state index is 0.0385. The minimum Gasteiger partial charge on any atom is -0.391 e. The summed E-state index contributed by atoms with van der Waals surface area (Å²) in [7, 11) is 0. The average molecular weight is 387 g/mol. The molecule has 6 rings (SSSR count). The van der Waals surface area contributed by atoms with E-state index in [0.717, 1.165) is 50.0 Å². The molecular weight excluding hydrogens is 352 g/mol. The number of β-amino-alcohol motifs (C(OH)–C–C–N with tert-alkyl or cyclic N) is 1. The molecule has 1 aromatic heterocycles. The van der Waals surface area contributed by atoms with Gasteiger partial charge in [-0.3, -0.25) is 4.79 Å². The van der Waals surface area contributed by atoms with Crippen molar-refractivity contribution >= 4 is 11.7 Å². The molecule has 4 aliphatic carbocycles. The second kappa shape index (κ2) is 7.36. The van der Waals surface area contributed by atoms with Crippen LogP contribution >= 0.6 is 0 Å². The smallest absolute Gasteiger partial charge is 0.256 e. The zero-order chi connectivity index (χ0) is 19.3. The normalized spacial score (nSPS) is 36.3. The molecule has 1 amide bonds. The van der Waals surface area contributed by atoms with Crippen molar-refractivity contribution in [2.75, 3.05) is 18.0 Å². The van der Waals surface area contributed by atoms with E-state index in [4.69, 9.17) is 0 Å². The number of rotatable bonds is 6. The fourth-order valence-corrected chi connectivity index (χ4v) is 6.67. The first-order valence-electron chi connectivity index (χ1n) is 11.4. The van der Waals surface area contributed by atoms with Gasteiger partial charge in [-0.05, 0) is 68.6 Å². The lowest BCUT2D eigenvalue weighted by Gasteiger charge is -2.54. The second-order valence-electron chi connectivity index (χ2n) is 9.78. The van der Waals surface area contributed by atoms with Gasteiger partial charge in [0.2, 0.25) is 0 Å². The van der Waals surface area contributed by atoms with Crippen molar-refractivity contribution in [1.29, 1.82) is 0 Å². The molecule has 2 heterocycles. The molecular formula is C22H34N4O2. The SMILES string of the molecule is CCCCn1ncc(C(=O)NC2C3CC4CC(C3)CC2C4)c1N1CCC(O)C1. The third-order valence-corrected chi connectivity index (χ3v) is 7.77. The first-order chi connectivity index (χ1) is 13.6. The minimum atomic E-state index is -0.310. The summed E-state index contributed by atoms with van der Waals surface area (Å²) in [4.78, 5) is 15.5. The van der Waals surface area contributed by atoms with E-state index in [1.54, 1.807) is 6.20 Å². The van der Waals surface area contributed by atoms with Crippen LogP contribution in [0.25, 0.3) is 0 Å². The van der Waals surface area contributed by atoms with Gasteiger partial charge in [0.25, 0.3) is 5.91 Å². The monoisotopic (exact) mass is 386 g/mol. The molecule has 2 N–H and O–H groups in total. The summed E-state index contributed by atoms with van der Waals surface area (Å²) in [5.41, 5.74) is 0.694. The molecule has 1 aliphatic heterocycles. The summed E-state index contributed by atoms with van der Waals surface area (Å²) in [6.07, 6.45) is 11.0. The topological polar surface area (TPSA) is 70.4 Å². The molecule has 0 aromatic carbocycles. The highest BCUT2D eigenvalue weighted by Crippen LogP contribution is 2.53. The molecule has 0 spiro atoms. The van der Waals surface area contributed by atoms with E-state index in [9.17, 15) is 9.90 Å². The number of anilines is 1. The Morgan fingerprint density at radius 3 is 2.54 bits per heavy atom. The molecule has 6 heteroatoms. The summed E-state index contributed by atoms with van der Waals surface area (Å²) in [6.45, 7) is 4.37. The number of carbonyl (C=O) groups is 1. The fraction of sp³-hybridized carbons (Fsp3) is 0.818. The molecule has 1 saturated heterocycles. The van der Waals surface area contributed by atoms with Crippen LogP contribution in [-0.2, 0) is 6.54 Å². The Morgan fingerprint density at radius 2 is 1.93 bits per heavy atom. The molecule has 4 saturated carbocycles.